The van der Waals surface area contributed by atoms with Gasteiger partial charge in [-0.15, -0.1) is 0 Å². The Balaban J connectivity index is 2.73. The van der Waals surface area contributed by atoms with Crippen LogP contribution < -0.4 is 5.43 Å². The molecule has 1 N–H and O–H groups in total. The van der Waals surface area contributed by atoms with E-state index in [-0.39, 0.29) is 11.2 Å². The summed E-state index contributed by atoms with van der Waals surface area (Å²) in [4.78, 5) is 12.0. The van der Waals surface area contributed by atoms with Gasteiger partial charge in [0.05, 0.1) is 0 Å². The summed E-state index contributed by atoms with van der Waals surface area (Å²) >= 11 is 0. The first-order valence-electron chi connectivity index (χ1n) is 5.41. The Kier molecular flexibility index (Phi) is 2.08. The van der Waals surface area contributed by atoms with Gasteiger partial charge in [-0.25, -0.2) is 0 Å². The molecule has 0 bridgehead atoms. The van der Waals surface area contributed by atoms with Crippen LogP contribution in [0.1, 0.15) is 0 Å². The number of fused-ring (bicyclic) bond motifs is 2. The average Bonchev–Trinajstić information content (AvgIpc) is 2.48. The van der Waals surface area contributed by atoms with Crippen LogP contribution in [0.2, 0.25) is 0 Å². The Bertz CT molecular complexity index is 776. The van der Waals surface area contributed by atoms with E-state index in [0.717, 1.165) is 5.39 Å². The maximum Gasteiger partial charge on any atom is 0.187 e. The summed E-state index contributed by atoms with van der Waals surface area (Å²) in [5.74, 6) is 0.165. The third kappa shape index (κ3) is 1.46. The Hall–Kier alpha value is -2.35. The zero-order valence-corrected chi connectivity index (χ0v) is 9.05. The van der Waals surface area contributed by atoms with Gasteiger partial charge in [0.2, 0.25) is 0 Å². The molecule has 0 aliphatic rings. The normalized spacial score (nSPS) is 10.8. The van der Waals surface area contributed by atoms with E-state index in [0.29, 0.717) is 16.2 Å². The number of hydrogen-bond donors (Lipinski definition) is 1. The Morgan fingerprint density at radius 2 is 1.35 bits per heavy atom. The second-order valence-electron chi connectivity index (χ2n) is 3.99. The molecular weight excluding hydrogens is 212 g/mol. The second kappa shape index (κ2) is 3.59. The van der Waals surface area contributed by atoms with Crippen LogP contribution in [0.5, 0.6) is 5.75 Å². The molecule has 0 radical (unpaired) electrons. The second-order valence-corrected chi connectivity index (χ2v) is 3.99. The first-order chi connectivity index (χ1) is 8.27. The van der Waals surface area contributed by atoms with Gasteiger partial charge in [-0.05, 0) is 11.5 Å². The molecule has 0 amide bonds. The summed E-state index contributed by atoms with van der Waals surface area (Å²) in [5.41, 5.74) is -0.0721. The zero-order chi connectivity index (χ0) is 11.8. The van der Waals surface area contributed by atoms with E-state index < -0.39 is 0 Å². The van der Waals surface area contributed by atoms with Crippen LogP contribution in [-0.4, -0.2) is 5.11 Å². The van der Waals surface area contributed by atoms with E-state index in [1.165, 1.54) is 0 Å². The summed E-state index contributed by atoms with van der Waals surface area (Å²) in [7, 11) is 0. The van der Waals surface area contributed by atoms with Gasteiger partial charge < -0.3 is 5.11 Å². The van der Waals surface area contributed by atoms with Crippen LogP contribution in [0.15, 0.2) is 59.4 Å². The van der Waals surface area contributed by atoms with Crippen molar-refractivity contribution in [3.05, 3.63) is 64.8 Å². The average molecular weight is 222 g/mol. The molecule has 2 heteroatoms. The summed E-state index contributed by atoms with van der Waals surface area (Å²) in [6, 6.07) is 16.0. The highest BCUT2D eigenvalue weighted by Gasteiger charge is 2.05. The molecule has 0 unspecified atom stereocenters. The zero-order valence-electron chi connectivity index (χ0n) is 9.05. The molecule has 2 nitrogen and oxygen atoms in total. The van der Waals surface area contributed by atoms with Crippen LogP contribution in [0.4, 0.5) is 0 Å². The Morgan fingerprint density at radius 1 is 0.765 bits per heavy atom. The predicted molar refractivity (Wildman–Crippen MR) is 69.4 cm³/mol. The molecular formula is C15H10O2. The molecule has 0 heterocycles. The third-order valence-corrected chi connectivity index (χ3v) is 2.95. The summed E-state index contributed by atoms with van der Waals surface area (Å²) in [5, 5.41) is 12.9. The minimum atomic E-state index is -0.0721. The summed E-state index contributed by atoms with van der Waals surface area (Å²) in [6.45, 7) is 0. The third-order valence-electron chi connectivity index (χ3n) is 2.95. The number of rotatable bonds is 0. The van der Waals surface area contributed by atoms with Gasteiger partial charge >= 0.3 is 0 Å². The first-order valence-corrected chi connectivity index (χ1v) is 5.41. The summed E-state index contributed by atoms with van der Waals surface area (Å²) in [6.07, 6.45) is 0. The van der Waals surface area contributed by atoms with Crippen molar-refractivity contribution in [2.24, 2.45) is 0 Å². The van der Waals surface area contributed by atoms with Gasteiger partial charge in [0.1, 0.15) is 5.75 Å². The molecule has 17 heavy (non-hydrogen) atoms. The van der Waals surface area contributed by atoms with Gasteiger partial charge in [-0.1, -0.05) is 48.5 Å². The van der Waals surface area contributed by atoms with Gasteiger partial charge in [0, 0.05) is 16.2 Å². The monoisotopic (exact) mass is 222 g/mol. The lowest BCUT2D eigenvalue weighted by atomic mass is 10.1. The molecule has 0 aromatic heterocycles. The lowest BCUT2D eigenvalue weighted by molar-refractivity contribution is 0.488. The van der Waals surface area contributed by atoms with Crippen LogP contribution in [0.3, 0.4) is 0 Å². The lowest BCUT2D eigenvalue weighted by Crippen LogP contribution is -1.93. The lowest BCUT2D eigenvalue weighted by Gasteiger charge is -1.97. The van der Waals surface area contributed by atoms with E-state index >= 15 is 0 Å². The predicted octanol–water partition coefficient (Wildman–Crippen LogP) is 3.06. The molecule has 3 aromatic rings. The Labute approximate surface area is 97.8 Å². The molecule has 0 aliphatic heterocycles. The molecule has 0 saturated carbocycles. The molecule has 0 aliphatic carbocycles. The van der Waals surface area contributed by atoms with E-state index in [4.69, 9.17) is 0 Å². The van der Waals surface area contributed by atoms with Crippen molar-refractivity contribution < 1.29 is 5.11 Å². The fourth-order valence-corrected chi connectivity index (χ4v) is 2.11. The van der Waals surface area contributed by atoms with Crippen LogP contribution in [0, 0.1) is 0 Å². The molecule has 0 atom stereocenters. The van der Waals surface area contributed by atoms with Crippen molar-refractivity contribution in [3.8, 4) is 5.75 Å². The standard InChI is InChI=1S/C15H10O2/c16-14-9-10-5-1-2-6-11(10)15(17)13-8-4-3-7-12(13)14/h1-9,17H. The minimum absolute atomic E-state index is 0.0721. The van der Waals surface area contributed by atoms with E-state index in [1.54, 1.807) is 24.3 Å². The first kappa shape index (κ1) is 9.85. The van der Waals surface area contributed by atoms with Crippen molar-refractivity contribution in [3.63, 3.8) is 0 Å². The molecule has 0 spiro atoms. The maximum absolute atomic E-state index is 12.0. The van der Waals surface area contributed by atoms with Crippen LogP contribution in [-0.2, 0) is 0 Å². The van der Waals surface area contributed by atoms with Crippen molar-refractivity contribution in [2.75, 3.05) is 0 Å². The van der Waals surface area contributed by atoms with E-state index in [9.17, 15) is 9.90 Å². The smallest absolute Gasteiger partial charge is 0.187 e. The van der Waals surface area contributed by atoms with Crippen LogP contribution >= 0.6 is 0 Å². The topological polar surface area (TPSA) is 37.3 Å². The fraction of sp³-hybridized carbons (Fsp3) is 0. The number of aromatic hydroxyl groups is 1. The largest absolute Gasteiger partial charge is 0.507 e. The molecule has 0 saturated heterocycles. The highest BCUT2D eigenvalue weighted by molar-refractivity contribution is 6.00. The van der Waals surface area contributed by atoms with Crippen molar-refractivity contribution in [2.45, 2.75) is 0 Å². The molecule has 0 fully saturated rings. The van der Waals surface area contributed by atoms with Crippen LogP contribution in [0.25, 0.3) is 21.5 Å². The van der Waals surface area contributed by atoms with Crippen molar-refractivity contribution >= 4 is 21.5 Å². The highest BCUT2D eigenvalue weighted by Crippen LogP contribution is 2.29. The van der Waals surface area contributed by atoms with E-state index in [2.05, 4.69) is 0 Å². The van der Waals surface area contributed by atoms with Gasteiger partial charge in [-0.2, -0.15) is 0 Å². The van der Waals surface area contributed by atoms with E-state index in [1.807, 2.05) is 30.3 Å². The molecule has 82 valence electrons. The number of hydrogen-bond acceptors (Lipinski definition) is 2. The molecule has 3 aromatic carbocycles. The minimum Gasteiger partial charge on any atom is -0.507 e. The van der Waals surface area contributed by atoms with Gasteiger partial charge in [-0.3, -0.25) is 4.79 Å². The molecule has 3 rings (SSSR count). The highest BCUT2D eigenvalue weighted by atomic mass is 16.3. The quantitative estimate of drug-likeness (QED) is 0.634. The fourth-order valence-electron chi connectivity index (χ4n) is 2.11. The SMILES string of the molecule is O=c1cc2ccccc2c(O)c2ccccc12. The maximum atomic E-state index is 12.0. The van der Waals surface area contributed by atoms with Crippen molar-refractivity contribution in [1.82, 2.24) is 0 Å². The van der Waals surface area contributed by atoms with Crippen molar-refractivity contribution in [1.29, 1.82) is 0 Å². The summed E-state index contributed by atoms with van der Waals surface area (Å²) < 4.78 is 0. The van der Waals surface area contributed by atoms with Gasteiger partial charge in [0.25, 0.3) is 0 Å². The Morgan fingerprint density at radius 3 is 2.12 bits per heavy atom. The number of benzene rings is 2. The van der Waals surface area contributed by atoms with Gasteiger partial charge in [0.15, 0.2) is 5.43 Å².